The van der Waals surface area contributed by atoms with Crippen LogP contribution in [0.4, 0.5) is 14.5 Å². The molecule has 0 unspecified atom stereocenters. The van der Waals surface area contributed by atoms with Crippen molar-refractivity contribution in [2.75, 3.05) is 5.32 Å². The van der Waals surface area contributed by atoms with Gasteiger partial charge in [0.1, 0.15) is 11.6 Å². The first kappa shape index (κ1) is 12.3. The van der Waals surface area contributed by atoms with Crippen LogP contribution >= 0.6 is 0 Å². The molecule has 2 rings (SSSR count). The molecule has 3 heteroatoms. The van der Waals surface area contributed by atoms with E-state index in [1.165, 1.54) is 44.2 Å². The van der Waals surface area contributed by atoms with Gasteiger partial charge in [0.15, 0.2) is 0 Å². The predicted octanol–water partition coefficient (Wildman–Crippen LogP) is 4.49. The third-order valence-corrected chi connectivity index (χ3v) is 3.40. The van der Waals surface area contributed by atoms with Crippen LogP contribution in [-0.4, -0.2) is 6.04 Å². The summed E-state index contributed by atoms with van der Waals surface area (Å²) in [6, 6.07) is 4.05. The van der Waals surface area contributed by atoms with E-state index in [-0.39, 0.29) is 0 Å². The fourth-order valence-corrected chi connectivity index (χ4v) is 2.43. The number of nitrogens with one attached hydrogen (secondary N) is 1. The summed E-state index contributed by atoms with van der Waals surface area (Å²) in [5.41, 5.74) is 0.428. The molecule has 94 valence electrons. The van der Waals surface area contributed by atoms with E-state index < -0.39 is 11.6 Å². The summed E-state index contributed by atoms with van der Waals surface area (Å²) in [4.78, 5) is 0. The van der Waals surface area contributed by atoms with Crippen LogP contribution in [0.2, 0.25) is 0 Å². The molecule has 17 heavy (non-hydrogen) atoms. The second-order valence-corrected chi connectivity index (χ2v) is 4.81. The largest absolute Gasteiger partial charge is 0.380 e. The van der Waals surface area contributed by atoms with Crippen LogP contribution in [0, 0.1) is 11.6 Å². The van der Waals surface area contributed by atoms with E-state index in [4.69, 9.17) is 0 Å². The molecule has 0 atom stereocenters. The summed E-state index contributed by atoms with van der Waals surface area (Å²) < 4.78 is 26.3. The van der Waals surface area contributed by atoms with Crippen molar-refractivity contribution in [1.82, 2.24) is 0 Å². The zero-order valence-electron chi connectivity index (χ0n) is 10.0. The van der Waals surface area contributed by atoms with Gasteiger partial charge in [0.05, 0.1) is 5.69 Å². The Kier molecular flexibility index (Phi) is 4.35. The van der Waals surface area contributed by atoms with Crippen LogP contribution in [-0.2, 0) is 0 Å². The van der Waals surface area contributed by atoms with Crippen molar-refractivity contribution in [3.05, 3.63) is 29.8 Å². The third-order valence-electron chi connectivity index (χ3n) is 3.40. The van der Waals surface area contributed by atoms with Gasteiger partial charge in [-0.3, -0.25) is 0 Å². The number of benzene rings is 1. The number of hydrogen-bond donors (Lipinski definition) is 1. The van der Waals surface area contributed by atoms with Gasteiger partial charge in [-0.1, -0.05) is 32.1 Å². The zero-order chi connectivity index (χ0) is 12.1. The van der Waals surface area contributed by atoms with Gasteiger partial charge in [-0.25, -0.2) is 8.78 Å². The first-order chi connectivity index (χ1) is 8.25. The standard InChI is InChI=1S/C14H19F2N/c15-11-8-9-14(13(16)10-11)17-12-6-4-2-1-3-5-7-12/h8-10,12,17H,1-7H2. The van der Waals surface area contributed by atoms with Gasteiger partial charge < -0.3 is 5.32 Å². The fourth-order valence-electron chi connectivity index (χ4n) is 2.43. The van der Waals surface area contributed by atoms with Crippen molar-refractivity contribution in [3.8, 4) is 0 Å². The van der Waals surface area contributed by atoms with E-state index in [0.717, 1.165) is 18.9 Å². The van der Waals surface area contributed by atoms with E-state index in [1.54, 1.807) is 0 Å². The lowest BCUT2D eigenvalue weighted by molar-refractivity contribution is 0.469. The predicted molar refractivity (Wildman–Crippen MR) is 66.1 cm³/mol. The Morgan fingerprint density at radius 2 is 1.59 bits per heavy atom. The van der Waals surface area contributed by atoms with Crippen LogP contribution < -0.4 is 5.32 Å². The molecule has 0 aromatic heterocycles. The summed E-state index contributed by atoms with van der Waals surface area (Å²) in [6.45, 7) is 0. The van der Waals surface area contributed by atoms with Crippen molar-refractivity contribution in [2.45, 2.75) is 51.0 Å². The Bertz CT molecular complexity index is 357. The van der Waals surface area contributed by atoms with Crippen LogP contribution in [0.5, 0.6) is 0 Å². The summed E-state index contributed by atoms with van der Waals surface area (Å²) in [6.07, 6.45) is 8.40. The zero-order valence-corrected chi connectivity index (χ0v) is 10.0. The highest BCUT2D eigenvalue weighted by molar-refractivity contribution is 5.45. The monoisotopic (exact) mass is 239 g/mol. The van der Waals surface area contributed by atoms with Crippen LogP contribution in [0.3, 0.4) is 0 Å². The van der Waals surface area contributed by atoms with Crippen molar-refractivity contribution in [1.29, 1.82) is 0 Å². The number of hydrogen-bond acceptors (Lipinski definition) is 1. The second kappa shape index (κ2) is 5.99. The second-order valence-electron chi connectivity index (χ2n) is 4.81. The SMILES string of the molecule is Fc1ccc(NC2CCCCCCC2)c(F)c1. The van der Waals surface area contributed by atoms with Gasteiger partial charge in [0.25, 0.3) is 0 Å². The number of rotatable bonds is 2. The Morgan fingerprint density at radius 3 is 2.24 bits per heavy atom. The molecule has 1 saturated carbocycles. The van der Waals surface area contributed by atoms with Gasteiger partial charge >= 0.3 is 0 Å². The maximum Gasteiger partial charge on any atom is 0.149 e. The highest BCUT2D eigenvalue weighted by Gasteiger charge is 2.13. The summed E-state index contributed by atoms with van der Waals surface area (Å²) in [5, 5.41) is 3.20. The molecular weight excluding hydrogens is 220 g/mol. The first-order valence-electron chi connectivity index (χ1n) is 6.47. The highest BCUT2D eigenvalue weighted by Crippen LogP contribution is 2.22. The van der Waals surface area contributed by atoms with Crippen molar-refractivity contribution in [2.24, 2.45) is 0 Å². The fraction of sp³-hybridized carbons (Fsp3) is 0.571. The lowest BCUT2D eigenvalue weighted by atomic mass is 9.96. The molecule has 1 aliphatic rings. The van der Waals surface area contributed by atoms with Crippen LogP contribution in [0.1, 0.15) is 44.9 Å². The third kappa shape index (κ3) is 3.69. The summed E-state index contributed by atoms with van der Waals surface area (Å²) >= 11 is 0. The molecule has 1 aliphatic carbocycles. The molecule has 1 fully saturated rings. The molecule has 1 N–H and O–H groups in total. The van der Waals surface area contributed by atoms with Gasteiger partial charge in [-0.05, 0) is 25.0 Å². The first-order valence-corrected chi connectivity index (χ1v) is 6.47. The van der Waals surface area contributed by atoms with E-state index in [1.807, 2.05) is 0 Å². The molecule has 0 heterocycles. The number of halogens is 2. The Morgan fingerprint density at radius 1 is 0.941 bits per heavy atom. The van der Waals surface area contributed by atoms with Crippen molar-refractivity contribution < 1.29 is 8.78 Å². The van der Waals surface area contributed by atoms with E-state index >= 15 is 0 Å². The summed E-state index contributed by atoms with van der Waals surface area (Å²) in [7, 11) is 0. The van der Waals surface area contributed by atoms with Gasteiger partial charge in [-0.2, -0.15) is 0 Å². The lowest BCUT2D eigenvalue weighted by Gasteiger charge is -2.22. The Hall–Kier alpha value is -1.12. The van der Waals surface area contributed by atoms with Gasteiger partial charge in [0, 0.05) is 12.1 Å². The molecule has 0 aliphatic heterocycles. The van der Waals surface area contributed by atoms with Gasteiger partial charge in [-0.15, -0.1) is 0 Å². The average Bonchev–Trinajstić information content (AvgIpc) is 2.25. The van der Waals surface area contributed by atoms with E-state index in [2.05, 4.69) is 5.32 Å². The number of anilines is 1. The molecular formula is C14H19F2N. The van der Waals surface area contributed by atoms with Crippen LogP contribution in [0.25, 0.3) is 0 Å². The quantitative estimate of drug-likeness (QED) is 0.801. The molecule has 0 spiro atoms. The van der Waals surface area contributed by atoms with E-state index in [0.29, 0.717) is 11.7 Å². The molecule has 0 amide bonds. The maximum absolute atomic E-state index is 13.5. The Balaban J connectivity index is 1.98. The smallest absolute Gasteiger partial charge is 0.149 e. The van der Waals surface area contributed by atoms with Crippen molar-refractivity contribution >= 4 is 5.69 Å². The highest BCUT2D eigenvalue weighted by atomic mass is 19.1. The lowest BCUT2D eigenvalue weighted by Crippen LogP contribution is -2.21. The topological polar surface area (TPSA) is 12.0 Å². The minimum absolute atomic E-state index is 0.329. The minimum Gasteiger partial charge on any atom is -0.380 e. The minimum atomic E-state index is -0.522. The molecule has 0 bridgehead atoms. The maximum atomic E-state index is 13.5. The van der Waals surface area contributed by atoms with Crippen molar-refractivity contribution in [3.63, 3.8) is 0 Å². The van der Waals surface area contributed by atoms with E-state index in [9.17, 15) is 8.78 Å². The molecule has 1 nitrogen and oxygen atoms in total. The summed E-state index contributed by atoms with van der Waals surface area (Å²) in [5.74, 6) is -1.02. The normalized spacial score (nSPS) is 18.5. The Labute approximate surface area is 101 Å². The van der Waals surface area contributed by atoms with Gasteiger partial charge in [0.2, 0.25) is 0 Å². The average molecular weight is 239 g/mol. The molecule has 1 aromatic carbocycles. The molecule has 0 radical (unpaired) electrons. The molecule has 0 saturated heterocycles. The van der Waals surface area contributed by atoms with Crippen LogP contribution in [0.15, 0.2) is 18.2 Å². The molecule has 1 aromatic rings.